The molecule has 1 aliphatic rings. The molecule has 138 valence electrons. The predicted molar refractivity (Wildman–Crippen MR) is 108 cm³/mol. The van der Waals surface area contributed by atoms with Gasteiger partial charge < -0.3 is 10.2 Å². The van der Waals surface area contributed by atoms with Gasteiger partial charge in [-0.05, 0) is 35.7 Å². The van der Waals surface area contributed by atoms with E-state index in [9.17, 15) is 9.59 Å². The highest BCUT2D eigenvalue weighted by atomic mass is 35.5. The third kappa shape index (κ3) is 4.18. The number of hydrogen-bond acceptors (Lipinski definition) is 6. The Balaban J connectivity index is 1.40. The fourth-order valence-electron chi connectivity index (χ4n) is 2.93. The molecule has 0 spiro atoms. The van der Waals surface area contributed by atoms with Crippen molar-refractivity contribution < 1.29 is 9.59 Å². The summed E-state index contributed by atoms with van der Waals surface area (Å²) < 4.78 is 0. The molecule has 1 atom stereocenters. The van der Waals surface area contributed by atoms with Crippen LogP contribution in [0.15, 0.2) is 41.8 Å². The van der Waals surface area contributed by atoms with Crippen LogP contribution < -0.4 is 10.2 Å². The van der Waals surface area contributed by atoms with E-state index in [0.29, 0.717) is 29.5 Å². The standard InChI is InChI=1S/C18H15ClN4O2S2/c19-12-3-5-13(6-4-12)23-10-11(8-16(23)25)17-21-22-18(27-17)20-15(24)9-14-2-1-7-26-14/h1-7,11H,8-10H2,(H,20,22,24). The van der Waals surface area contributed by atoms with Crippen LogP contribution in [0.2, 0.25) is 5.02 Å². The fraction of sp³-hybridized carbons (Fsp3) is 0.222. The number of nitrogens with one attached hydrogen (secondary N) is 1. The lowest BCUT2D eigenvalue weighted by Crippen LogP contribution is -2.24. The molecule has 4 rings (SSSR count). The Morgan fingerprint density at radius 1 is 1.26 bits per heavy atom. The lowest BCUT2D eigenvalue weighted by molar-refractivity contribution is -0.117. The number of halogens is 1. The molecule has 3 aromatic rings. The quantitative estimate of drug-likeness (QED) is 0.680. The second kappa shape index (κ2) is 7.75. The highest BCUT2D eigenvalue weighted by molar-refractivity contribution is 7.15. The van der Waals surface area contributed by atoms with E-state index in [-0.39, 0.29) is 17.7 Å². The summed E-state index contributed by atoms with van der Waals surface area (Å²) in [5, 5.41) is 14.8. The van der Waals surface area contributed by atoms with Crippen LogP contribution in [-0.4, -0.2) is 28.6 Å². The van der Waals surface area contributed by atoms with Crippen LogP contribution in [0.5, 0.6) is 0 Å². The van der Waals surface area contributed by atoms with Crippen molar-refractivity contribution in [3.8, 4) is 0 Å². The first kappa shape index (κ1) is 18.1. The van der Waals surface area contributed by atoms with E-state index >= 15 is 0 Å². The Morgan fingerprint density at radius 3 is 2.81 bits per heavy atom. The van der Waals surface area contributed by atoms with Gasteiger partial charge in [-0.1, -0.05) is 29.0 Å². The summed E-state index contributed by atoms with van der Waals surface area (Å²) in [6, 6.07) is 11.0. The summed E-state index contributed by atoms with van der Waals surface area (Å²) in [4.78, 5) is 27.2. The average Bonchev–Trinajstić information content (AvgIpc) is 3.37. The van der Waals surface area contributed by atoms with Crippen LogP contribution in [-0.2, 0) is 16.0 Å². The van der Waals surface area contributed by atoms with E-state index in [1.165, 1.54) is 11.3 Å². The molecule has 1 aromatic carbocycles. The van der Waals surface area contributed by atoms with E-state index in [4.69, 9.17) is 11.6 Å². The largest absolute Gasteiger partial charge is 0.312 e. The van der Waals surface area contributed by atoms with Crippen LogP contribution in [0, 0.1) is 0 Å². The molecule has 1 N–H and O–H groups in total. The Morgan fingerprint density at radius 2 is 2.07 bits per heavy atom. The molecule has 1 fully saturated rings. The highest BCUT2D eigenvalue weighted by Gasteiger charge is 2.34. The first-order chi connectivity index (χ1) is 13.1. The molecular weight excluding hydrogens is 404 g/mol. The van der Waals surface area contributed by atoms with Crippen molar-refractivity contribution in [2.75, 3.05) is 16.8 Å². The zero-order chi connectivity index (χ0) is 18.8. The van der Waals surface area contributed by atoms with Crippen molar-refractivity contribution in [2.24, 2.45) is 0 Å². The lowest BCUT2D eigenvalue weighted by atomic mass is 10.1. The summed E-state index contributed by atoms with van der Waals surface area (Å²) in [5.74, 6) is -0.111. The van der Waals surface area contributed by atoms with Gasteiger partial charge in [0, 0.05) is 34.5 Å². The van der Waals surface area contributed by atoms with Gasteiger partial charge >= 0.3 is 0 Å². The predicted octanol–water partition coefficient (Wildman–Crippen LogP) is 3.95. The summed E-state index contributed by atoms with van der Waals surface area (Å²) >= 11 is 8.78. The molecule has 1 aliphatic heterocycles. The lowest BCUT2D eigenvalue weighted by Gasteiger charge is -2.16. The van der Waals surface area contributed by atoms with Crippen LogP contribution in [0.1, 0.15) is 22.2 Å². The number of hydrogen-bond donors (Lipinski definition) is 1. The molecule has 1 saturated heterocycles. The normalized spacial score (nSPS) is 16.7. The molecular formula is C18H15ClN4O2S2. The number of benzene rings is 1. The van der Waals surface area contributed by atoms with Gasteiger partial charge in [0.15, 0.2) is 0 Å². The number of anilines is 2. The topological polar surface area (TPSA) is 75.2 Å². The highest BCUT2D eigenvalue weighted by Crippen LogP contribution is 2.34. The maximum atomic E-state index is 12.4. The van der Waals surface area contributed by atoms with Gasteiger partial charge in [0.2, 0.25) is 16.9 Å². The Bertz CT molecular complexity index is 956. The molecule has 0 aliphatic carbocycles. The number of amides is 2. The Hall–Kier alpha value is -2.29. The maximum Gasteiger partial charge on any atom is 0.231 e. The summed E-state index contributed by atoms with van der Waals surface area (Å²) in [6.45, 7) is 0.540. The second-order valence-electron chi connectivity index (χ2n) is 6.13. The van der Waals surface area contributed by atoms with Gasteiger partial charge in [-0.2, -0.15) is 0 Å². The van der Waals surface area contributed by atoms with Crippen molar-refractivity contribution in [2.45, 2.75) is 18.8 Å². The molecule has 27 heavy (non-hydrogen) atoms. The molecule has 2 amide bonds. The van der Waals surface area contributed by atoms with Gasteiger partial charge in [-0.3, -0.25) is 9.59 Å². The average molecular weight is 419 g/mol. The number of thiophene rings is 1. The number of rotatable bonds is 5. The zero-order valence-corrected chi connectivity index (χ0v) is 16.5. The minimum atomic E-state index is -0.120. The number of aromatic nitrogens is 2. The minimum Gasteiger partial charge on any atom is -0.312 e. The van der Waals surface area contributed by atoms with Crippen molar-refractivity contribution in [3.63, 3.8) is 0 Å². The van der Waals surface area contributed by atoms with Gasteiger partial charge in [0.05, 0.1) is 6.42 Å². The summed E-state index contributed by atoms with van der Waals surface area (Å²) in [7, 11) is 0. The first-order valence-electron chi connectivity index (χ1n) is 8.30. The van der Waals surface area contributed by atoms with Crippen molar-refractivity contribution in [3.05, 3.63) is 56.7 Å². The van der Waals surface area contributed by atoms with Crippen molar-refractivity contribution in [1.82, 2.24) is 10.2 Å². The van der Waals surface area contributed by atoms with E-state index in [1.54, 1.807) is 28.4 Å². The molecule has 1 unspecified atom stereocenters. The molecule has 6 nitrogen and oxygen atoms in total. The minimum absolute atomic E-state index is 0.0337. The monoisotopic (exact) mass is 418 g/mol. The third-order valence-corrected chi connectivity index (χ3v) is 6.34. The van der Waals surface area contributed by atoms with E-state index in [2.05, 4.69) is 15.5 Å². The summed E-state index contributed by atoms with van der Waals surface area (Å²) in [6.07, 6.45) is 0.694. The zero-order valence-electron chi connectivity index (χ0n) is 14.1. The third-order valence-electron chi connectivity index (χ3n) is 4.21. The molecule has 0 radical (unpaired) electrons. The van der Waals surface area contributed by atoms with Gasteiger partial charge in [0.25, 0.3) is 0 Å². The van der Waals surface area contributed by atoms with Crippen LogP contribution in [0.25, 0.3) is 0 Å². The number of nitrogens with zero attached hydrogens (tertiary/aromatic N) is 3. The molecule has 0 bridgehead atoms. The fourth-order valence-corrected chi connectivity index (χ4v) is 4.61. The van der Waals surface area contributed by atoms with Crippen LogP contribution in [0.4, 0.5) is 10.8 Å². The van der Waals surface area contributed by atoms with E-state index < -0.39 is 0 Å². The molecule has 2 aromatic heterocycles. The number of carbonyl (C=O) groups is 2. The maximum absolute atomic E-state index is 12.4. The Labute approximate surface area is 168 Å². The van der Waals surface area contributed by atoms with Crippen molar-refractivity contribution >= 4 is 56.9 Å². The van der Waals surface area contributed by atoms with E-state index in [0.717, 1.165) is 15.6 Å². The first-order valence-corrected chi connectivity index (χ1v) is 10.4. The van der Waals surface area contributed by atoms with Crippen molar-refractivity contribution in [1.29, 1.82) is 0 Å². The smallest absolute Gasteiger partial charge is 0.231 e. The molecule has 3 heterocycles. The van der Waals surface area contributed by atoms with Gasteiger partial charge in [-0.15, -0.1) is 21.5 Å². The summed E-state index contributed by atoms with van der Waals surface area (Å²) in [5.41, 5.74) is 0.820. The molecule has 9 heteroatoms. The van der Waals surface area contributed by atoms with Gasteiger partial charge in [-0.25, -0.2) is 0 Å². The Kier molecular flexibility index (Phi) is 5.20. The van der Waals surface area contributed by atoms with Gasteiger partial charge in [0.1, 0.15) is 5.01 Å². The van der Waals surface area contributed by atoms with Crippen LogP contribution >= 0.6 is 34.3 Å². The molecule has 0 saturated carbocycles. The van der Waals surface area contributed by atoms with Crippen LogP contribution in [0.3, 0.4) is 0 Å². The second-order valence-corrected chi connectivity index (χ2v) is 8.61. The number of carbonyl (C=O) groups excluding carboxylic acids is 2. The SMILES string of the molecule is O=C(Cc1cccs1)Nc1nnc(C2CC(=O)N(c3ccc(Cl)cc3)C2)s1. The van der Waals surface area contributed by atoms with E-state index in [1.807, 2.05) is 29.6 Å².